The molecule has 1 aliphatic heterocycles. The second-order valence-electron chi connectivity index (χ2n) is 6.98. The van der Waals surface area contributed by atoms with Gasteiger partial charge >= 0.3 is 5.97 Å². The lowest BCUT2D eigenvalue weighted by Gasteiger charge is -2.16. The SMILES string of the molecule is O=C(COC(=O)c1cccc(N2CCCC2=O)c1)NCCC1=CCCCC1. The highest BCUT2D eigenvalue weighted by molar-refractivity contribution is 5.97. The molecule has 1 aromatic rings. The summed E-state index contributed by atoms with van der Waals surface area (Å²) >= 11 is 0. The maximum atomic E-state index is 12.2. The minimum Gasteiger partial charge on any atom is -0.452 e. The Morgan fingerprint density at radius 1 is 1.15 bits per heavy atom. The van der Waals surface area contributed by atoms with Crippen LogP contribution >= 0.6 is 0 Å². The van der Waals surface area contributed by atoms with Crippen LogP contribution in [-0.4, -0.2) is 37.5 Å². The van der Waals surface area contributed by atoms with Crippen LogP contribution in [0.5, 0.6) is 0 Å². The largest absolute Gasteiger partial charge is 0.452 e. The minimum absolute atomic E-state index is 0.0629. The maximum absolute atomic E-state index is 12.2. The number of nitrogens with one attached hydrogen (secondary N) is 1. The van der Waals surface area contributed by atoms with Gasteiger partial charge in [-0.3, -0.25) is 9.59 Å². The summed E-state index contributed by atoms with van der Waals surface area (Å²) in [6, 6.07) is 6.78. The molecule has 6 heteroatoms. The van der Waals surface area contributed by atoms with Crippen LogP contribution in [-0.2, 0) is 14.3 Å². The van der Waals surface area contributed by atoms with E-state index in [1.54, 1.807) is 29.2 Å². The number of anilines is 1. The number of hydrogen-bond acceptors (Lipinski definition) is 4. The summed E-state index contributed by atoms with van der Waals surface area (Å²) in [7, 11) is 0. The standard InChI is InChI=1S/C21H26N2O4/c24-19(22-12-11-16-6-2-1-3-7-16)15-27-21(26)17-8-4-9-18(14-17)23-13-5-10-20(23)25/h4,6,8-9,14H,1-3,5,7,10-13,15H2,(H,22,24). The van der Waals surface area contributed by atoms with Gasteiger partial charge in [-0.15, -0.1) is 0 Å². The van der Waals surface area contributed by atoms with Crippen LogP contribution in [0.3, 0.4) is 0 Å². The zero-order valence-electron chi connectivity index (χ0n) is 15.5. The quantitative estimate of drug-likeness (QED) is 0.591. The van der Waals surface area contributed by atoms with Gasteiger partial charge in [-0.05, 0) is 56.7 Å². The first-order chi connectivity index (χ1) is 13.1. The Morgan fingerprint density at radius 2 is 2.04 bits per heavy atom. The zero-order chi connectivity index (χ0) is 19.1. The number of carbonyl (C=O) groups is 3. The van der Waals surface area contributed by atoms with E-state index in [0.29, 0.717) is 30.8 Å². The lowest BCUT2D eigenvalue weighted by molar-refractivity contribution is -0.124. The fourth-order valence-electron chi connectivity index (χ4n) is 3.48. The van der Waals surface area contributed by atoms with Crippen molar-refractivity contribution in [2.75, 3.05) is 24.6 Å². The highest BCUT2D eigenvalue weighted by Gasteiger charge is 2.22. The molecule has 1 fully saturated rings. The topological polar surface area (TPSA) is 75.7 Å². The smallest absolute Gasteiger partial charge is 0.338 e. The van der Waals surface area contributed by atoms with Crippen molar-refractivity contribution >= 4 is 23.5 Å². The van der Waals surface area contributed by atoms with E-state index in [-0.39, 0.29) is 18.4 Å². The lowest BCUT2D eigenvalue weighted by Crippen LogP contribution is -2.30. The summed E-state index contributed by atoms with van der Waals surface area (Å²) in [5.41, 5.74) is 2.43. The molecule has 0 aromatic heterocycles. The number of rotatable bonds is 7. The molecule has 27 heavy (non-hydrogen) atoms. The number of ether oxygens (including phenoxy) is 1. The Kier molecular flexibility index (Phi) is 6.63. The molecule has 0 spiro atoms. The number of benzene rings is 1. The Bertz CT molecular complexity index is 741. The van der Waals surface area contributed by atoms with Gasteiger partial charge in [-0.1, -0.05) is 17.7 Å². The van der Waals surface area contributed by atoms with Crippen LogP contribution in [0.2, 0.25) is 0 Å². The summed E-state index contributed by atoms with van der Waals surface area (Å²) in [4.78, 5) is 37.6. The van der Waals surface area contributed by atoms with Gasteiger partial charge in [0, 0.05) is 25.2 Å². The Morgan fingerprint density at radius 3 is 2.78 bits per heavy atom. The molecule has 1 saturated heterocycles. The Hall–Kier alpha value is -2.63. The Balaban J connectivity index is 1.44. The van der Waals surface area contributed by atoms with Gasteiger partial charge in [0.2, 0.25) is 5.91 Å². The van der Waals surface area contributed by atoms with Gasteiger partial charge in [0.1, 0.15) is 0 Å². The number of carbonyl (C=O) groups excluding carboxylic acids is 3. The first-order valence-electron chi connectivity index (χ1n) is 9.65. The average molecular weight is 370 g/mol. The van der Waals surface area contributed by atoms with E-state index in [1.165, 1.54) is 18.4 Å². The summed E-state index contributed by atoms with van der Waals surface area (Å²) in [5, 5.41) is 2.79. The molecule has 0 radical (unpaired) electrons. The van der Waals surface area contributed by atoms with E-state index in [1.807, 2.05) is 0 Å². The van der Waals surface area contributed by atoms with Crippen molar-refractivity contribution < 1.29 is 19.1 Å². The maximum Gasteiger partial charge on any atom is 0.338 e. The first-order valence-corrected chi connectivity index (χ1v) is 9.65. The fraction of sp³-hybridized carbons (Fsp3) is 0.476. The molecule has 1 aliphatic carbocycles. The van der Waals surface area contributed by atoms with E-state index < -0.39 is 5.97 Å². The van der Waals surface area contributed by atoms with Crippen molar-refractivity contribution in [2.45, 2.75) is 44.9 Å². The molecular formula is C21H26N2O4. The van der Waals surface area contributed by atoms with Gasteiger partial charge in [-0.2, -0.15) is 0 Å². The predicted octanol–water partition coefficient (Wildman–Crippen LogP) is 2.98. The Labute approximate surface area is 159 Å². The average Bonchev–Trinajstić information content (AvgIpc) is 3.13. The highest BCUT2D eigenvalue weighted by atomic mass is 16.5. The second-order valence-corrected chi connectivity index (χ2v) is 6.98. The molecule has 144 valence electrons. The molecule has 2 aliphatic rings. The van der Waals surface area contributed by atoms with Crippen LogP contribution < -0.4 is 10.2 Å². The first kappa shape index (κ1) is 19.1. The van der Waals surface area contributed by atoms with E-state index in [9.17, 15) is 14.4 Å². The van der Waals surface area contributed by atoms with E-state index in [2.05, 4.69) is 11.4 Å². The van der Waals surface area contributed by atoms with E-state index in [0.717, 1.165) is 25.7 Å². The van der Waals surface area contributed by atoms with Crippen molar-refractivity contribution in [3.05, 3.63) is 41.5 Å². The van der Waals surface area contributed by atoms with Gasteiger partial charge in [0.25, 0.3) is 5.91 Å². The van der Waals surface area contributed by atoms with Gasteiger partial charge in [0.15, 0.2) is 6.61 Å². The summed E-state index contributed by atoms with van der Waals surface area (Å²) in [5.74, 6) is -0.799. The molecule has 1 heterocycles. The molecule has 1 aromatic carbocycles. The number of nitrogens with zero attached hydrogens (tertiary/aromatic N) is 1. The van der Waals surface area contributed by atoms with Crippen molar-refractivity contribution in [3.63, 3.8) is 0 Å². The van der Waals surface area contributed by atoms with Crippen molar-refractivity contribution in [2.24, 2.45) is 0 Å². The summed E-state index contributed by atoms with van der Waals surface area (Å²) in [6.07, 6.45) is 9.18. The molecule has 2 amide bonds. The van der Waals surface area contributed by atoms with Crippen molar-refractivity contribution in [1.29, 1.82) is 0 Å². The van der Waals surface area contributed by atoms with Crippen LogP contribution in [0, 0.1) is 0 Å². The van der Waals surface area contributed by atoms with E-state index >= 15 is 0 Å². The highest BCUT2D eigenvalue weighted by Crippen LogP contribution is 2.22. The number of hydrogen-bond donors (Lipinski definition) is 1. The van der Waals surface area contributed by atoms with Gasteiger partial charge < -0.3 is 15.0 Å². The van der Waals surface area contributed by atoms with Crippen molar-refractivity contribution in [1.82, 2.24) is 5.32 Å². The molecule has 0 saturated carbocycles. The molecule has 1 N–H and O–H groups in total. The summed E-state index contributed by atoms with van der Waals surface area (Å²) < 4.78 is 5.11. The molecular weight excluding hydrogens is 344 g/mol. The van der Waals surface area contributed by atoms with Crippen LogP contribution in [0.15, 0.2) is 35.9 Å². The fourth-order valence-corrected chi connectivity index (χ4v) is 3.48. The van der Waals surface area contributed by atoms with Crippen LogP contribution in [0.1, 0.15) is 55.3 Å². The summed E-state index contributed by atoms with van der Waals surface area (Å²) in [6.45, 7) is 0.926. The second kappa shape index (κ2) is 9.35. The predicted molar refractivity (Wildman–Crippen MR) is 102 cm³/mol. The number of allylic oxidation sites excluding steroid dienone is 1. The monoisotopic (exact) mass is 370 g/mol. The molecule has 3 rings (SSSR count). The van der Waals surface area contributed by atoms with Crippen LogP contribution in [0.25, 0.3) is 0 Å². The third kappa shape index (κ3) is 5.42. The normalized spacial score (nSPS) is 16.8. The molecule has 0 unspecified atom stereocenters. The van der Waals surface area contributed by atoms with Gasteiger partial charge in [0.05, 0.1) is 5.56 Å². The third-order valence-electron chi connectivity index (χ3n) is 4.95. The van der Waals surface area contributed by atoms with E-state index in [4.69, 9.17) is 4.74 Å². The van der Waals surface area contributed by atoms with Gasteiger partial charge in [-0.25, -0.2) is 4.79 Å². The van der Waals surface area contributed by atoms with Crippen molar-refractivity contribution in [3.8, 4) is 0 Å². The minimum atomic E-state index is -0.561. The number of esters is 1. The van der Waals surface area contributed by atoms with Crippen LogP contribution in [0.4, 0.5) is 5.69 Å². The molecule has 6 nitrogen and oxygen atoms in total. The zero-order valence-corrected chi connectivity index (χ0v) is 15.5. The number of amides is 2. The lowest BCUT2D eigenvalue weighted by atomic mass is 9.97. The third-order valence-corrected chi connectivity index (χ3v) is 4.95. The molecule has 0 atom stereocenters. The molecule has 0 bridgehead atoms.